The number of hydrogen-bond donors (Lipinski definition) is 2. The lowest BCUT2D eigenvalue weighted by molar-refractivity contribution is -0.274. The van der Waals surface area contributed by atoms with E-state index in [4.69, 9.17) is 22.4 Å². The normalized spacial score (nSPS) is 11.4. The largest absolute Gasteiger partial charge is 0.573 e. The van der Waals surface area contributed by atoms with Crippen molar-refractivity contribution in [3.8, 4) is 5.75 Å². The minimum atomic E-state index is -4.92. The van der Waals surface area contributed by atoms with Gasteiger partial charge in [-0.05, 0) is 12.5 Å². The lowest BCUT2D eigenvalue weighted by atomic mass is 10.1. The van der Waals surface area contributed by atoms with E-state index in [1.54, 1.807) is 0 Å². The van der Waals surface area contributed by atoms with Crippen LogP contribution in [0.25, 0.3) is 0 Å². The zero-order valence-electron chi connectivity index (χ0n) is 8.43. The minimum absolute atomic E-state index is 0.0848. The van der Waals surface area contributed by atoms with Crippen LogP contribution in [0.4, 0.5) is 18.9 Å². The Morgan fingerprint density at radius 1 is 1.53 bits per heavy atom. The van der Waals surface area contributed by atoms with Gasteiger partial charge in [0, 0.05) is 6.07 Å². The molecule has 0 bridgehead atoms. The van der Waals surface area contributed by atoms with E-state index in [0.717, 1.165) is 6.07 Å². The van der Waals surface area contributed by atoms with E-state index in [-0.39, 0.29) is 16.8 Å². The Morgan fingerprint density at radius 3 is 2.47 bits per heavy atom. The predicted octanol–water partition coefficient (Wildman–Crippen LogP) is 2.83. The summed E-state index contributed by atoms with van der Waals surface area (Å²) in [5, 5.41) is 8.36. The van der Waals surface area contributed by atoms with E-state index in [1.807, 2.05) is 0 Å². The molecule has 0 fully saturated rings. The average molecular weight is 270 g/mol. The highest BCUT2D eigenvalue weighted by Gasteiger charge is 2.33. The monoisotopic (exact) mass is 269 g/mol. The first kappa shape index (κ1) is 13.4. The molecular formula is C9H7ClF3NO3. The molecule has 0 spiro atoms. The van der Waals surface area contributed by atoms with E-state index >= 15 is 0 Å². The number of alkyl halides is 3. The first-order valence-corrected chi connectivity index (χ1v) is 4.59. The topological polar surface area (TPSA) is 72.5 Å². The van der Waals surface area contributed by atoms with Gasteiger partial charge >= 0.3 is 12.3 Å². The third-order valence-corrected chi connectivity index (χ3v) is 2.41. The van der Waals surface area contributed by atoms with Gasteiger partial charge in [0.25, 0.3) is 0 Å². The maximum atomic E-state index is 12.0. The van der Waals surface area contributed by atoms with Crippen LogP contribution in [-0.4, -0.2) is 17.4 Å². The summed E-state index contributed by atoms with van der Waals surface area (Å²) < 4.78 is 39.6. The molecular weight excluding hydrogens is 263 g/mol. The molecule has 17 heavy (non-hydrogen) atoms. The molecule has 0 amide bonds. The standard InChI is InChI=1S/C9H7ClF3NO3/c1-3-6(8(15)16)4(14)2-5(7(3)10)17-9(11,12)13/h2H,14H2,1H3,(H,15,16). The van der Waals surface area contributed by atoms with Crippen LogP contribution >= 0.6 is 11.6 Å². The zero-order chi connectivity index (χ0) is 13.4. The molecule has 0 aliphatic heterocycles. The fraction of sp³-hybridized carbons (Fsp3) is 0.222. The second-order valence-electron chi connectivity index (χ2n) is 3.13. The number of halogens is 4. The molecule has 94 valence electrons. The van der Waals surface area contributed by atoms with Crippen LogP contribution in [0.2, 0.25) is 5.02 Å². The lowest BCUT2D eigenvalue weighted by Crippen LogP contribution is -2.18. The van der Waals surface area contributed by atoms with Crippen molar-refractivity contribution in [1.82, 2.24) is 0 Å². The molecule has 1 aromatic rings. The van der Waals surface area contributed by atoms with Crippen molar-refractivity contribution in [2.24, 2.45) is 0 Å². The Balaban J connectivity index is 3.34. The first-order chi connectivity index (χ1) is 7.63. The molecule has 0 heterocycles. The van der Waals surface area contributed by atoms with Gasteiger partial charge in [-0.1, -0.05) is 11.6 Å². The molecule has 4 nitrogen and oxygen atoms in total. The SMILES string of the molecule is Cc1c(Cl)c(OC(F)(F)F)cc(N)c1C(=O)O. The molecule has 0 aliphatic rings. The Morgan fingerprint density at radius 2 is 2.06 bits per heavy atom. The molecule has 0 atom stereocenters. The number of hydrogen-bond acceptors (Lipinski definition) is 3. The Bertz CT molecular complexity index is 474. The van der Waals surface area contributed by atoms with Gasteiger partial charge in [-0.2, -0.15) is 0 Å². The highest BCUT2D eigenvalue weighted by molar-refractivity contribution is 6.33. The summed E-state index contributed by atoms with van der Waals surface area (Å²) in [6.45, 7) is 1.24. The van der Waals surface area contributed by atoms with Gasteiger partial charge in [-0.15, -0.1) is 13.2 Å². The van der Waals surface area contributed by atoms with Gasteiger partial charge < -0.3 is 15.6 Å². The molecule has 3 N–H and O–H groups in total. The number of rotatable bonds is 2. The summed E-state index contributed by atoms with van der Waals surface area (Å²) in [7, 11) is 0. The van der Waals surface area contributed by atoms with E-state index in [0.29, 0.717) is 0 Å². The average Bonchev–Trinajstić information content (AvgIpc) is 2.10. The fourth-order valence-electron chi connectivity index (χ4n) is 1.27. The predicted molar refractivity (Wildman–Crippen MR) is 54.2 cm³/mol. The number of carbonyl (C=O) groups is 1. The summed E-state index contributed by atoms with van der Waals surface area (Å²) in [6.07, 6.45) is -4.92. The van der Waals surface area contributed by atoms with Crippen LogP contribution in [0.5, 0.6) is 5.75 Å². The van der Waals surface area contributed by atoms with Gasteiger partial charge in [0.1, 0.15) is 5.75 Å². The number of carboxylic acids is 1. The van der Waals surface area contributed by atoms with Crippen molar-refractivity contribution < 1.29 is 27.8 Å². The summed E-state index contributed by atoms with van der Waals surface area (Å²) >= 11 is 5.58. The maximum absolute atomic E-state index is 12.0. The second kappa shape index (κ2) is 4.33. The van der Waals surface area contributed by atoms with Crippen molar-refractivity contribution >= 4 is 23.3 Å². The van der Waals surface area contributed by atoms with Crippen molar-refractivity contribution in [3.05, 3.63) is 22.2 Å². The Hall–Kier alpha value is -1.63. The highest BCUT2D eigenvalue weighted by Crippen LogP contribution is 2.37. The molecule has 0 radical (unpaired) electrons. The van der Waals surface area contributed by atoms with Crippen LogP contribution in [0.15, 0.2) is 6.07 Å². The van der Waals surface area contributed by atoms with Crippen LogP contribution in [0, 0.1) is 6.92 Å². The van der Waals surface area contributed by atoms with E-state index in [9.17, 15) is 18.0 Å². The summed E-state index contributed by atoms with van der Waals surface area (Å²) in [6, 6.07) is 0.728. The van der Waals surface area contributed by atoms with E-state index < -0.39 is 23.1 Å². The first-order valence-electron chi connectivity index (χ1n) is 4.21. The maximum Gasteiger partial charge on any atom is 0.573 e. The number of ether oxygens (including phenoxy) is 1. The van der Waals surface area contributed by atoms with Gasteiger partial charge in [-0.3, -0.25) is 0 Å². The number of benzene rings is 1. The lowest BCUT2D eigenvalue weighted by Gasteiger charge is -2.14. The van der Waals surface area contributed by atoms with Gasteiger partial charge in [0.2, 0.25) is 0 Å². The Labute approximate surface area is 98.7 Å². The number of aromatic carboxylic acids is 1. The summed E-state index contributed by atoms with van der Waals surface area (Å²) in [5.74, 6) is -2.10. The van der Waals surface area contributed by atoms with Crippen molar-refractivity contribution in [1.29, 1.82) is 0 Å². The van der Waals surface area contributed by atoms with Crippen LogP contribution in [-0.2, 0) is 0 Å². The van der Waals surface area contributed by atoms with Gasteiger partial charge in [-0.25, -0.2) is 4.79 Å². The molecule has 1 aromatic carbocycles. The smallest absolute Gasteiger partial charge is 0.478 e. The molecule has 0 aromatic heterocycles. The molecule has 8 heteroatoms. The molecule has 0 unspecified atom stereocenters. The molecule has 1 rings (SSSR count). The number of nitrogens with two attached hydrogens (primary N) is 1. The zero-order valence-corrected chi connectivity index (χ0v) is 9.19. The van der Waals surface area contributed by atoms with Crippen molar-refractivity contribution in [2.45, 2.75) is 13.3 Å². The number of anilines is 1. The van der Waals surface area contributed by atoms with E-state index in [1.165, 1.54) is 6.92 Å². The highest BCUT2D eigenvalue weighted by atomic mass is 35.5. The Kier molecular flexibility index (Phi) is 3.42. The molecule has 0 aliphatic carbocycles. The van der Waals surface area contributed by atoms with Crippen LogP contribution in [0.3, 0.4) is 0 Å². The van der Waals surface area contributed by atoms with Crippen molar-refractivity contribution in [2.75, 3.05) is 5.73 Å². The van der Waals surface area contributed by atoms with E-state index in [2.05, 4.69) is 4.74 Å². The van der Waals surface area contributed by atoms with Gasteiger partial charge in [0.05, 0.1) is 16.3 Å². The minimum Gasteiger partial charge on any atom is -0.478 e. The van der Waals surface area contributed by atoms with Crippen LogP contribution in [0.1, 0.15) is 15.9 Å². The third kappa shape index (κ3) is 2.94. The van der Waals surface area contributed by atoms with Gasteiger partial charge in [0.15, 0.2) is 0 Å². The second-order valence-corrected chi connectivity index (χ2v) is 3.51. The number of nitrogen functional groups attached to an aromatic ring is 1. The van der Waals surface area contributed by atoms with Crippen molar-refractivity contribution in [3.63, 3.8) is 0 Å². The molecule has 0 saturated carbocycles. The fourth-order valence-corrected chi connectivity index (χ4v) is 1.46. The summed E-state index contributed by atoms with van der Waals surface area (Å²) in [5.41, 5.74) is 4.55. The quantitative estimate of drug-likeness (QED) is 0.810. The number of carboxylic acid groups (broad SMARTS) is 1. The summed E-state index contributed by atoms with van der Waals surface area (Å²) in [4.78, 5) is 10.8. The van der Waals surface area contributed by atoms with Crippen LogP contribution < -0.4 is 10.5 Å². The third-order valence-electron chi connectivity index (χ3n) is 1.94. The molecule has 0 saturated heterocycles.